The number of likely N-dealkylation sites (tertiary alicyclic amines) is 1. The number of anilines is 1. The minimum atomic E-state index is -4.61. The third-order valence-corrected chi connectivity index (χ3v) is 5.52. The number of carbonyl (C=O) groups excluding carboxylic acids is 1. The molecule has 0 aliphatic carbocycles. The molecule has 3 rings (SSSR count). The van der Waals surface area contributed by atoms with Gasteiger partial charge in [-0.25, -0.2) is 18.2 Å². The predicted molar refractivity (Wildman–Crippen MR) is 106 cm³/mol. The van der Waals surface area contributed by atoms with Crippen molar-refractivity contribution in [3.8, 4) is 0 Å². The fraction of sp³-hybridized carbons (Fsp3) is 0.476. The SMILES string of the molecule is COO[n+]1ccc(C2CN(C(C)C(=O)Nc3ccc(F)cn3)CCC2(F)F)cc1CC(F)(F)F. The molecule has 2 unspecified atom stereocenters. The Balaban J connectivity index is 1.81. The van der Waals surface area contributed by atoms with Crippen molar-refractivity contribution >= 4 is 11.7 Å². The van der Waals surface area contributed by atoms with E-state index in [9.17, 15) is 31.1 Å². The highest BCUT2D eigenvalue weighted by Crippen LogP contribution is 2.41. The smallest absolute Gasteiger partial charge is 0.309 e. The summed E-state index contributed by atoms with van der Waals surface area (Å²) in [7, 11) is 1.10. The van der Waals surface area contributed by atoms with Crippen LogP contribution in [0.15, 0.2) is 36.7 Å². The fourth-order valence-electron chi connectivity index (χ4n) is 3.73. The van der Waals surface area contributed by atoms with E-state index in [-0.39, 0.29) is 24.5 Å². The lowest BCUT2D eigenvalue weighted by atomic mass is 9.86. The largest absolute Gasteiger partial charge is 0.399 e. The first-order chi connectivity index (χ1) is 15.9. The van der Waals surface area contributed by atoms with Crippen molar-refractivity contribution in [1.29, 1.82) is 0 Å². The van der Waals surface area contributed by atoms with Gasteiger partial charge in [-0.05, 0) is 24.6 Å². The van der Waals surface area contributed by atoms with Gasteiger partial charge in [0.25, 0.3) is 5.92 Å². The summed E-state index contributed by atoms with van der Waals surface area (Å²) in [5.74, 6) is -5.71. The van der Waals surface area contributed by atoms with Crippen molar-refractivity contribution in [3.63, 3.8) is 0 Å². The second-order valence-corrected chi connectivity index (χ2v) is 7.90. The fourth-order valence-corrected chi connectivity index (χ4v) is 3.73. The summed E-state index contributed by atoms with van der Waals surface area (Å²) in [6.07, 6.45) is -4.63. The highest BCUT2D eigenvalue weighted by Gasteiger charge is 2.47. The zero-order chi connectivity index (χ0) is 25.1. The third-order valence-electron chi connectivity index (χ3n) is 5.52. The summed E-state index contributed by atoms with van der Waals surface area (Å²) >= 11 is 0. The summed E-state index contributed by atoms with van der Waals surface area (Å²) in [6.45, 7) is 1.13. The van der Waals surface area contributed by atoms with E-state index < -0.39 is 54.3 Å². The van der Waals surface area contributed by atoms with Crippen molar-refractivity contribution in [1.82, 2.24) is 9.88 Å². The first-order valence-electron chi connectivity index (χ1n) is 10.3. The Morgan fingerprint density at radius 1 is 1.35 bits per heavy atom. The number of nitrogens with zero attached hydrogens (tertiary/aromatic N) is 3. The first kappa shape index (κ1) is 25.7. The van der Waals surface area contributed by atoms with Crippen LogP contribution in [0, 0.1) is 5.82 Å². The Labute approximate surface area is 191 Å². The third kappa shape index (κ3) is 6.35. The van der Waals surface area contributed by atoms with Crippen molar-refractivity contribution in [2.24, 2.45) is 0 Å². The highest BCUT2D eigenvalue weighted by atomic mass is 19.4. The molecule has 34 heavy (non-hydrogen) atoms. The normalized spacial score (nSPS) is 19.5. The summed E-state index contributed by atoms with van der Waals surface area (Å²) in [6, 6.07) is 3.75. The van der Waals surface area contributed by atoms with E-state index in [1.165, 1.54) is 24.0 Å². The Hall–Kier alpha value is -2.93. The lowest BCUT2D eigenvalue weighted by Crippen LogP contribution is -2.52. The van der Waals surface area contributed by atoms with Crippen LogP contribution in [-0.2, 0) is 16.1 Å². The molecule has 1 saturated heterocycles. The molecule has 0 bridgehead atoms. The standard InChI is InChI=1S/C21H22F6N4O3/c1-13(19(32)29-18-4-3-15(22)11-28-18)30-8-6-20(23,24)17(12-30)14-5-7-31(34-33-2)16(9-14)10-21(25,26)27/h3-5,7,9,11,13,17H,6,8,10,12H2,1-2H3/p+1. The predicted octanol–water partition coefficient (Wildman–Crippen LogP) is 3.05. The number of halogens is 6. The van der Waals surface area contributed by atoms with Crippen LogP contribution in [0.2, 0.25) is 0 Å². The molecule has 186 valence electrons. The van der Waals surface area contributed by atoms with Gasteiger partial charge in [0.2, 0.25) is 17.8 Å². The number of piperidine rings is 1. The lowest BCUT2D eigenvalue weighted by Gasteiger charge is -2.40. The summed E-state index contributed by atoms with van der Waals surface area (Å²) < 4.78 is 82.4. The van der Waals surface area contributed by atoms with Gasteiger partial charge in [-0.2, -0.15) is 13.2 Å². The van der Waals surface area contributed by atoms with Crippen LogP contribution in [0.1, 0.15) is 30.5 Å². The topological polar surface area (TPSA) is 67.6 Å². The Kier molecular flexibility index (Phi) is 7.66. The summed E-state index contributed by atoms with van der Waals surface area (Å²) in [5.41, 5.74) is -0.453. The lowest BCUT2D eigenvalue weighted by molar-refractivity contribution is -0.961. The molecular weight excluding hydrogens is 470 g/mol. The second-order valence-electron chi connectivity index (χ2n) is 7.90. The average molecular weight is 493 g/mol. The second kappa shape index (κ2) is 10.1. The molecule has 0 spiro atoms. The zero-order valence-electron chi connectivity index (χ0n) is 18.3. The van der Waals surface area contributed by atoms with E-state index >= 15 is 0 Å². The van der Waals surface area contributed by atoms with Crippen LogP contribution in [-0.4, -0.2) is 54.1 Å². The van der Waals surface area contributed by atoms with E-state index in [0.29, 0.717) is 4.73 Å². The van der Waals surface area contributed by atoms with E-state index in [2.05, 4.69) is 20.2 Å². The molecule has 1 N–H and O–H groups in total. The maximum absolute atomic E-state index is 14.8. The van der Waals surface area contributed by atoms with Gasteiger partial charge in [-0.1, -0.05) is 4.99 Å². The van der Waals surface area contributed by atoms with Crippen molar-refractivity contribution in [2.75, 3.05) is 25.5 Å². The molecule has 0 saturated carbocycles. The zero-order valence-corrected chi connectivity index (χ0v) is 18.3. The number of alkyl halides is 5. The molecule has 2 atom stereocenters. The van der Waals surface area contributed by atoms with Gasteiger partial charge < -0.3 is 5.32 Å². The molecule has 7 nitrogen and oxygen atoms in total. The van der Waals surface area contributed by atoms with Crippen LogP contribution < -0.4 is 15.0 Å². The molecule has 1 aliphatic heterocycles. The van der Waals surface area contributed by atoms with Crippen LogP contribution in [0.25, 0.3) is 0 Å². The minimum absolute atomic E-state index is 0.0299. The number of amides is 1. The molecule has 0 radical (unpaired) electrons. The van der Waals surface area contributed by atoms with Crippen LogP contribution in [0.3, 0.4) is 0 Å². The Morgan fingerprint density at radius 3 is 2.71 bits per heavy atom. The molecule has 13 heteroatoms. The molecule has 1 aliphatic rings. The Bertz CT molecular complexity index is 1000. The van der Waals surface area contributed by atoms with Crippen molar-refractivity contribution in [2.45, 2.75) is 43.8 Å². The van der Waals surface area contributed by atoms with E-state index in [0.717, 1.165) is 31.6 Å². The van der Waals surface area contributed by atoms with Gasteiger partial charge in [-0.3, -0.25) is 9.69 Å². The average Bonchev–Trinajstić information content (AvgIpc) is 2.75. The quantitative estimate of drug-likeness (QED) is 0.278. The number of rotatable bonds is 7. The van der Waals surface area contributed by atoms with Crippen LogP contribution in [0.4, 0.5) is 32.2 Å². The van der Waals surface area contributed by atoms with E-state index in [1.54, 1.807) is 0 Å². The van der Waals surface area contributed by atoms with Gasteiger partial charge in [0.1, 0.15) is 18.1 Å². The monoisotopic (exact) mass is 493 g/mol. The molecule has 1 fully saturated rings. The Morgan fingerprint density at radius 2 is 2.09 bits per heavy atom. The molecule has 0 aromatic carbocycles. The van der Waals surface area contributed by atoms with Gasteiger partial charge in [0.05, 0.1) is 25.3 Å². The first-order valence-corrected chi connectivity index (χ1v) is 10.3. The highest BCUT2D eigenvalue weighted by molar-refractivity contribution is 5.93. The molecule has 1 amide bonds. The number of pyridine rings is 2. The maximum atomic E-state index is 14.8. The van der Waals surface area contributed by atoms with Gasteiger partial charge in [0, 0.05) is 36.4 Å². The van der Waals surface area contributed by atoms with Gasteiger partial charge in [-0.15, -0.1) is 4.89 Å². The van der Waals surface area contributed by atoms with Crippen LogP contribution in [0.5, 0.6) is 0 Å². The minimum Gasteiger partial charge on any atom is -0.309 e. The molecular formula is C21H23F6N4O3+. The summed E-state index contributed by atoms with van der Waals surface area (Å²) in [5, 5.41) is 2.49. The van der Waals surface area contributed by atoms with Crippen LogP contribution >= 0.6 is 0 Å². The van der Waals surface area contributed by atoms with Crippen molar-refractivity contribution < 1.29 is 45.7 Å². The summed E-state index contributed by atoms with van der Waals surface area (Å²) in [4.78, 5) is 26.9. The number of nitrogens with one attached hydrogen (secondary N) is 1. The number of aromatic nitrogens is 2. The maximum Gasteiger partial charge on any atom is 0.399 e. The molecule has 2 aromatic heterocycles. The molecule has 3 heterocycles. The van der Waals surface area contributed by atoms with E-state index in [4.69, 9.17) is 0 Å². The van der Waals surface area contributed by atoms with Gasteiger partial charge in [0.15, 0.2) is 0 Å². The van der Waals surface area contributed by atoms with E-state index in [1.807, 2.05) is 0 Å². The number of carbonyl (C=O) groups is 1. The van der Waals surface area contributed by atoms with Crippen molar-refractivity contribution in [3.05, 3.63) is 53.7 Å². The molecule has 2 aromatic rings. The number of hydrogen-bond acceptors (Lipinski definition) is 5. The number of hydrogen-bond donors (Lipinski definition) is 1. The van der Waals surface area contributed by atoms with Gasteiger partial charge >= 0.3 is 6.18 Å².